The maximum atomic E-state index is 15.9. The van der Waals surface area contributed by atoms with Crippen molar-refractivity contribution in [1.29, 1.82) is 0 Å². The molecule has 0 spiro atoms. The van der Waals surface area contributed by atoms with E-state index in [1.807, 2.05) is 0 Å². The second kappa shape index (κ2) is 7.54. The van der Waals surface area contributed by atoms with Crippen molar-refractivity contribution in [3.05, 3.63) is 23.6 Å². The van der Waals surface area contributed by atoms with Crippen molar-refractivity contribution >= 4 is 5.91 Å². The molecule has 2 aliphatic heterocycles. The van der Waals surface area contributed by atoms with Crippen LogP contribution in [-0.4, -0.2) is 49.3 Å². The molecule has 2 heterocycles. The summed E-state index contributed by atoms with van der Waals surface area (Å²) in [6.45, 7) is 5.66. The van der Waals surface area contributed by atoms with E-state index in [4.69, 9.17) is 10.5 Å². The number of allylic oxidation sites excluding steroid dienone is 3. The lowest BCUT2D eigenvalue weighted by atomic mass is 9.68. The van der Waals surface area contributed by atoms with Crippen LogP contribution >= 0.6 is 0 Å². The number of likely N-dealkylation sites (tertiary alicyclic amines) is 1. The van der Waals surface area contributed by atoms with E-state index in [1.54, 1.807) is 0 Å². The number of nitrogens with two attached hydrogens (primary N) is 1. The summed E-state index contributed by atoms with van der Waals surface area (Å²) in [6, 6.07) is 0. The first-order valence-corrected chi connectivity index (χ1v) is 9.26. The number of rotatable bonds is 4. The van der Waals surface area contributed by atoms with Gasteiger partial charge in [0.2, 0.25) is 5.91 Å². The Balaban J connectivity index is 1.66. The number of alkyl halides is 1. The fraction of sp³-hybridized carbons (Fsp3) is 0.737. The summed E-state index contributed by atoms with van der Waals surface area (Å²) in [4.78, 5) is 14.1. The number of halogens is 2. The van der Waals surface area contributed by atoms with E-state index in [2.05, 4.69) is 4.90 Å². The molecule has 140 valence electrons. The minimum atomic E-state index is -2.00. The van der Waals surface area contributed by atoms with E-state index in [1.165, 1.54) is 19.1 Å². The van der Waals surface area contributed by atoms with E-state index < -0.39 is 23.3 Å². The molecule has 6 heteroatoms. The van der Waals surface area contributed by atoms with E-state index in [0.29, 0.717) is 18.8 Å². The van der Waals surface area contributed by atoms with Crippen molar-refractivity contribution in [3.63, 3.8) is 0 Å². The van der Waals surface area contributed by atoms with Crippen molar-refractivity contribution in [1.82, 2.24) is 4.90 Å². The molecule has 4 nitrogen and oxygen atoms in total. The van der Waals surface area contributed by atoms with Crippen molar-refractivity contribution in [3.8, 4) is 0 Å². The highest BCUT2D eigenvalue weighted by Crippen LogP contribution is 2.47. The first kappa shape index (κ1) is 18.5. The fourth-order valence-electron chi connectivity index (χ4n) is 4.55. The molecule has 0 radical (unpaired) electrons. The van der Waals surface area contributed by atoms with Crippen LogP contribution in [-0.2, 0) is 9.53 Å². The van der Waals surface area contributed by atoms with E-state index in [-0.39, 0.29) is 11.5 Å². The third-order valence-corrected chi connectivity index (χ3v) is 6.17. The van der Waals surface area contributed by atoms with Crippen molar-refractivity contribution in [2.24, 2.45) is 23.5 Å². The average molecular weight is 354 g/mol. The van der Waals surface area contributed by atoms with E-state index in [9.17, 15) is 9.18 Å². The van der Waals surface area contributed by atoms with Crippen LogP contribution in [0.1, 0.15) is 32.6 Å². The van der Waals surface area contributed by atoms with Gasteiger partial charge in [-0.15, -0.1) is 0 Å². The first-order valence-electron chi connectivity index (χ1n) is 9.26. The van der Waals surface area contributed by atoms with Crippen LogP contribution in [0, 0.1) is 17.8 Å². The minimum absolute atomic E-state index is 0.0154. The molecule has 1 amide bonds. The van der Waals surface area contributed by atoms with Gasteiger partial charge in [0.05, 0.1) is 5.92 Å². The molecule has 2 atom stereocenters. The van der Waals surface area contributed by atoms with Gasteiger partial charge in [-0.25, -0.2) is 8.78 Å². The highest BCUT2D eigenvalue weighted by molar-refractivity contribution is 5.81. The molecule has 2 unspecified atom stereocenters. The van der Waals surface area contributed by atoms with Gasteiger partial charge in [0.1, 0.15) is 5.83 Å². The predicted molar refractivity (Wildman–Crippen MR) is 92.2 cm³/mol. The van der Waals surface area contributed by atoms with Gasteiger partial charge in [-0.1, -0.05) is 6.08 Å². The lowest BCUT2D eigenvalue weighted by Crippen LogP contribution is -2.52. The Kier molecular flexibility index (Phi) is 5.58. The molecule has 2 N–H and O–H groups in total. The number of nitrogens with zero attached hydrogens (tertiary/aromatic N) is 1. The van der Waals surface area contributed by atoms with Crippen LogP contribution in [0.4, 0.5) is 8.78 Å². The Hall–Kier alpha value is -1.27. The second-order valence-electron chi connectivity index (χ2n) is 7.61. The van der Waals surface area contributed by atoms with Crippen LogP contribution < -0.4 is 5.73 Å². The Morgan fingerprint density at radius 1 is 1.32 bits per heavy atom. The van der Waals surface area contributed by atoms with Gasteiger partial charge in [-0.3, -0.25) is 4.79 Å². The summed E-state index contributed by atoms with van der Waals surface area (Å²) in [5, 5.41) is 0. The zero-order valence-electron chi connectivity index (χ0n) is 14.8. The lowest BCUT2D eigenvalue weighted by Gasteiger charge is -2.44. The molecule has 0 aromatic carbocycles. The van der Waals surface area contributed by atoms with Crippen molar-refractivity contribution < 1.29 is 18.3 Å². The molecule has 25 heavy (non-hydrogen) atoms. The van der Waals surface area contributed by atoms with Gasteiger partial charge in [-0.2, -0.15) is 0 Å². The molecule has 3 rings (SSSR count). The maximum Gasteiger partial charge on any atom is 0.227 e. The van der Waals surface area contributed by atoms with Crippen molar-refractivity contribution in [2.75, 3.05) is 32.8 Å². The molecule has 3 aliphatic rings. The van der Waals surface area contributed by atoms with Crippen LogP contribution in [0.3, 0.4) is 0 Å². The highest BCUT2D eigenvalue weighted by atomic mass is 19.1. The average Bonchev–Trinajstić information content (AvgIpc) is 2.61. The highest BCUT2D eigenvalue weighted by Gasteiger charge is 2.52. The first-order chi connectivity index (χ1) is 11.9. The molecule has 2 saturated heterocycles. The van der Waals surface area contributed by atoms with Gasteiger partial charge < -0.3 is 15.4 Å². The Labute approximate surface area is 148 Å². The number of piperidine rings is 1. The monoisotopic (exact) mass is 354 g/mol. The SMILES string of the molecule is CC1=C(F)C=CC(C(N)=O)C1(F)C1CCN(CC2CCOCC2)CC1. The molecule has 1 aliphatic carbocycles. The van der Waals surface area contributed by atoms with Gasteiger partial charge >= 0.3 is 0 Å². The number of carbonyl (C=O) groups excluding carboxylic acids is 1. The molecule has 2 fully saturated rings. The number of primary amides is 1. The Morgan fingerprint density at radius 2 is 1.96 bits per heavy atom. The molecular weight excluding hydrogens is 326 g/mol. The standard InChI is InChI=1S/C19H28F2N2O2/c1-13-17(20)3-2-16(18(22)24)19(13,21)15-4-8-23(9-5-15)12-14-6-10-25-11-7-14/h2-3,14-16H,4-12H2,1H3,(H2,22,24). The second-order valence-corrected chi connectivity index (χ2v) is 7.61. The Bertz CT molecular complexity index is 564. The summed E-state index contributed by atoms with van der Waals surface area (Å²) < 4.78 is 35.3. The van der Waals surface area contributed by atoms with Crippen LogP contribution in [0.25, 0.3) is 0 Å². The maximum absolute atomic E-state index is 15.9. The number of amides is 1. The van der Waals surface area contributed by atoms with Crippen LogP contribution in [0.2, 0.25) is 0 Å². The fourth-order valence-corrected chi connectivity index (χ4v) is 4.55. The predicted octanol–water partition coefficient (Wildman–Crippen LogP) is 2.75. The van der Waals surface area contributed by atoms with Crippen LogP contribution in [0.15, 0.2) is 23.6 Å². The third-order valence-electron chi connectivity index (χ3n) is 6.17. The molecule has 0 aromatic heterocycles. The number of ether oxygens (including phenoxy) is 1. The van der Waals surface area contributed by atoms with Crippen molar-refractivity contribution in [2.45, 2.75) is 38.3 Å². The zero-order chi connectivity index (χ0) is 18.0. The minimum Gasteiger partial charge on any atom is -0.381 e. The normalized spacial score (nSPS) is 33.0. The Morgan fingerprint density at radius 3 is 2.56 bits per heavy atom. The van der Waals surface area contributed by atoms with Crippen LogP contribution in [0.5, 0.6) is 0 Å². The third kappa shape index (κ3) is 3.65. The summed E-state index contributed by atoms with van der Waals surface area (Å²) in [5.41, 5.74) is 3.42. The number of hydrogen-bond donors (Lipinski definition) is 1. The lowest BCUT2D eigenvalue weighted by molar-refractivity contribution is -0.126. The van der Waals surface area contributed by atoms with Gasteiger partial charge in [0.15, 0.2) is 5.67 Å². The summed E-state index contributed by atoms with van der Waals surface area (Å²) >= 11 is 0. The molecule has 0 bridgehead atoms. The summed E-state index contributed by atoms with van der Waals surface area (Å²) in [6.07, 6.45) is 5.84. The van der Waals surface area contributed by atoms with Gasteiger partial charge in [0.25, 0.3) is 0 Å². The number of carbonyl (C=O) groups is 1. The summed E-state index contributed by atoms with van der Waals surface area (Å²) in [5.74, 6) is -2.13. The molecular formula is C19H28F2N2O2. The van der Waals surface area contributed by atoms with E-state index >= 15 is 4.39 Å². The topological polar surface area (TPSA) is 55.6 Å². The van der Waals surface area contributed by atoms with Gasteiger partial charge in [-0.05, 0) is 57.7 Å². The number of hydrogen-bond acceptors (Lipinski definition) is 3. The zero-order valence-corrected chi connectivity index (χ0v) is 14.8. The molecule has 0 saturated carbocycles. The smallest absolute Gasteiger partial charge is 0.227 e. The quantitative estimate of drug-likeness (QED) is 0.845. The largest absolute Gasteiger partial charge is 0.381 e. The summed E-state index contributed by atoms with van der Waals surface area (Å²) in [7, 11) is 0. The molecule has 0 aromatic rings. The van der Waals surface area contributed by atoms with E-state index in [0.717, 1.165) is 45.7 Å². The van der Waals surface area contributed by atoms with Gasteiger partial charge in [0, 0.05) is 31.2 Å².